The highest BCUT2D eigenvalue weighted by Gasteiger charge is 2.21. The van der Waals surface area contributed by atoms with Crippen molar-refractivity contribution in [3.63, 3.8) is 0 Å². The summed E-state index contributed by atoms with van der Waals surface area (Å²) >= 11 is 0. The molecule has 0 aliphatic rings. The van der Waals surface area contributed by atoms with Crippen LogP contribution in [0.3, 0.4) is 0 Å². The number of para-hydroxylation sites is 1. The van der Waals surface area contributed by atoms with Crippen LogP contribution in [0.5, 0.6) is 5.75 Å². The normalized spacial score (nSPS) is 12.8. The van der Waals surface area contributed by atoms with E-state index in [0.717, 1.165) is 5.75 Å². The zero-order chi connectivity index (χ0) is 16.1. The standard InChI is InChI=1S/C16H26O3Si2/c1-14(19-21(5,6)7)16(13-17-20(2,3)4)18-15-11-9-8-10-12-15/h8-13H,1H2,2-7H3/b16-13+. The van der Waals surface area contributed by atoms with Gasteiger partial charge >= 0.3 is 0 Å². The molecule has 0 unspecified atom stereocenters. The third-order valence-electron chi connectivity index (χ3n) is 2.19. The van der Waals surface area contributed by atoms with Crippen molar-refractivity contribution in [2.75, 3.05) is 0 Å². The van der Waals surface area contributed by atoms with E-state index in [1.54, 1.807) is 6.26 Å². The van der Waals surface area contributed by atoms with E-state index in [4.69, 9.17) is 13.6 Å². The molecule has 0 N–H and O–H groups in total. The summed E-state index contributed by atoms with van der Waals surface area (Å²) in [7, 11) is -3.42. The van der Waals surface area contributed by atoms with Gasteiger partial charge in [0.25, 0.3) is 0 Å². The molecule has 1 rings (SSSR count). The number of benzene rings is 1. The van der Waals surface area contributed by atoms with Crippen LogP contribution in [0.15, 0.2) is 54.7 Å². The molecule has 0 amide bonds. The maximum absolute atomic E-state index is 5.92. The van der Waals surface area contributed by atoms with E-state index < -0.39 is 16.6 Å². The van der Waals surface area contributed by atoms with Crippen LogP contribution >= 0.6 is 0 Å². The van der Waals surface area contributed by atoms with Crippen LogP contribution in [0.1, 0.15) is 0 Å². The Balaban J connectivity index is 2.92. The summed E-state index contributed by atoms with van der Waals surface area (Å²) in [6.45, 7) is 16.7. The second-order valence-corrected chi connectivity index (χ2v) is 15.7. The maximum atomic E-state index is 5.92. The van der Waals surface area contributed by atoms with Gasteiger partial charge in [0, 0.05) is 0 Å². The van der Waals surface area contributed by atoms with Crippen LogP contribution in [-0.4, -0.2) is 16.6 Å². The zero-order valence-corrected chi connectivity index (χ0v) is 15.9. The van der Waals surface area contributed by atoms with Gasteiger partial charge in [-0.1, -0.05) is 24.8 Å². The van der Waals surface area contributed by atoms with Crippen molar-refractivity contribution >= 4 is 16.6 Å². The minimum Gasteiger partial charge on any atom is -0.547 e. The van der Waals surface area contributed by atoms with Gasteiger partial charge in [-0.3, -0.25) is 0 Å². The minimum atomic E-state index is -1.74. The van der Waals surface area contributed by atoms with Crippen molar-refractivity contribution < 1.29 is 13.6 Å². The van der Waals surface area contributed by atoms with Gasteiger partial charge < -0.3 is 13.6 Å². The summed E-state index contributed by atoms with van der Waals surface area (Å²) in [5.74, 6) is 1.80. The highest BCUT2D eigenvalue weighted by molar-refractivity contribution is 6.70. The molecule has 0 aliphatic carbocycles. The molecule has 5 heteroatoms. The van der Waals surface area contributed by atoms with Gasteiger partial charge in [-0.25, -0.2) is 0 Å². The molecule has 1 aromatic rings. The van der Waals surface area contributed by atoms with Crippen LogP contribution in [0.2, 0.25) is 39.3 Å². The molecule has 116 valence electrons. The molecule has 0 atom stereocenters. The number of hydrogen-bond donors (Lipinski definition) is 0. The van der Waals surface area contributed by atoms with Gasteiger partial charge in [0.1, 0.15) is 17.8 Å². The van der Waals surface area contributed by atoms with E-state index >= 15 is 0 Å². The van der Waals surface area contributed by atoms with Gasteiger partial charge in [-0.15, -0.1) is 0 Å². The van der Waals surface area contributed by atoms with Crippen molar-refractivity contribution in [3.05, 3.63) is 54.7 Å². The van der Waals surface area contributed by atoms with E-state index in [2.05, 4.69) is 45.9 Å². The van der Waals surface area contributed by atoms with E-state index in [9.17, 15) is 0 Å². The van der Waals surface area contributed by atoms with Crippen molar-refractivity contribution in [3.8, 4) is 5.75 Å². The molecular weight excluding hydrogens is 296 g/mol. The molecular formula is C16H26O3Si2. The molecule has 0 bridgehead atoms. The second-order valence-electron chi connectivity index (χ2n) is 6.77. The summed E-state index contributed by atoms with van der Waals surface area (Å²) in [6.07, 6.45) is 1.64. The maximum Gasteiger partial charge on any atom is 0.242 e. The summed E-state index contributed by atoms with van der Waals surface area (Å²) in [6, 6.07) is 9.58. The van der Waals surface area contributed by atoms with Crippen LogP contribution in [-0.2, 0) is 8.85 Å². The second kappa shape index (κ2) is 7.00. The lowest BCUT2D eigenvalue weighted by molar-refractivity contribution is 0.325. The van der Waals surface area contributed by atoms with Crippen molar-refractivity contribution in [1.82, 2.24) is 0 Å². The highest BCUT2D eigenvalue weighted by Crippen LogP contribution is 2.22. The van der Waals surface area contributed by atoms with E-state index in [1.807, 2.05) is 30.3 Å². The topological polar surface area (TPSA) is 27.7 Å². The first-order valence-electron chi connectivity index (χ1n) is 7.06. The van der Waals surface area contributed by atoms with Crippen molar-refractivity contribution in [2.24, 2.45) is 0 Å². The Morgan fingerprint density at radius 2 is 1.52 bits per heavy atom. The summed E-state index contributed by atoms with van der Waals surface area (Å²) in [5, 5.41) is 0. The third-order valence-corrected chi connectivity index (χ3v) is 3.88. The van der Waals surface area contributed by atoms with Gasteiger partial charge in [0.15, 0.2) is 5.76 Å². The van der Waals surface area contributed by atoms with E-state index in [0.29, 0.717) is 11.5 Å². The van der Waals surface area contributed by atoms with Gasteiger partial charge in [-0.05, 0) is 51.4 Å². The van der Waals surface area contributed by atoms with Crippen molar-refractivity contribution in [2.45, 2.75) is 39.3 Å². The minimum absolute atomic E-state index is 0.524. The molecule has 0 heterocycles. The number of rotatable bonds is 7. The molecule has 21 heavy (non-hydrogen) atoms. The van der Waals surface area contributed by atoms with E-state index in [1.165, 1.54) is 0 Å². The monoisotopic (exact) mass is 322 g/mol. The molecule has 0 saturated carbocycles. The number of ether oxygens (including phenoxy) is 1. The van der Waals surface area contributed by atoms with Gasteiger partial charge in [0.05, 0.1) is 0 Å². The first-order chi connectivity index (χ1) is 9.57. The Kier molecular flexibility index (Phi) is 5.86. The molecule has 3 nitrogen and oxygen atoms in total. The highest BCUT2D eigenvalue weighted by atomic mass is 28.4. The summed E-state index contributed by atoms with van der Waals surface area (Å²) < 4.78 is 17.6. The first-order valence-corrected chi connectivity index (χ1v) is 13.9. The molecule has 0 radical (unpaired) electrons. The van der Waals surface area contributed by atoms with Gasteiger partial charge in [0.2, 0.25) is 16.6 Å². The molecule has 0 aliphatic heterocycles. The fourth-order valence-corrected chi connectivity index (χ4v) is 2.71. The fourth-order valence-electron chi connectivity index (χ4n) is 1.41. The SMILES string of the molecule is C=C(O[Si](C)(C)C)/C(=C\O[Si](C)(C)C)Oc1ccccc1. The average Bonchev–Trinajstić information content (AvgIpc) is 2.32. The van der Waals surface area contributed by atoms with Crippen LogP contribution in [0.4, 0.5) is 0 Å². The van der Waals surface area contributed by atoms with Crippen LogP contribution < -0.4 is 4.74 Å². The Morgan fingerprint density at radius 1 is 0.952 bits per heavy atom. The lowest BCUT2D eigenvalue weighted by Crippen LogP contribution is -2.26. The van der Waals surface area contributed by atoms with Crippen LogP contribution in [0, 0.1) is 0 Å². The average molecular weight is 323 g/mol. The third kappa shape index (κ3) is 7.77. The summed E-state index contributed by atoms with van der Waals surface area (Å²) in [4.78, 5) is 0. The van der Waals surface area contributed by atoms with E-state index in [-0.39, 0.29) is 0 Å². The predicted molar refractivity (Wildman–Crippen MR) is 93.2 cm³/mol. The lowest BCUT2D eigenvalue weighted by atomic mass is 10.3. The molecule has 1 aromatic carbocycles. The Bertz CT molecular complexity index is 496. The Morgan fingerprint density at radius 3 is 2.00 bits per heavy atom. The van der Waals surface area contributed by atoms with Gasteiger partial charge in [-0.2, -0.15) is 0 Å². The Labute approximate surface area is 130 Å². The molecule has 0 fully saturated rings. The largest absolute Gasteiger partial charge is 0.547 e. The smallest absolute Gasteiger partial charge is 0.242 e. The first kappa shape index (κ1) is 17.6. The summed E-state index contributed by atoms with van der Waals surface area (Å²) in [5.41, 5.74) is 0. The zero-order valence-electron chi connectivity index (χ0n) is 13.9. The number of hydrogen-bond acceptors (Lipinski definition) is 3. The molecule has 0 saturated heterocycles. The van der Waals surface area contributed by atoms with Crippen LogP contribution in [0.25, 0.3) is 0 Å². The Hall–Kier alpha value is -1.47. The quantitative estimate of drug-likeness (QED) is 0.396. The fraction of sp³-hybridized carbons (Fsp3) is 0.375. The molecule has 0 aromatic heterocycles. The molecule has 0 spiro atoms. The van der Waals surface area contributed by atoms with Crippen molar-refractivity contribution in [1.29, 1.82) is 0 Å². The lowest BCUT2D eigenvalue weighted by Gasteiger charge is -2.23. The predicted octanol–water partition coefficient (Wildman–Crippen LogP) is 5.12.